The molecule has 0 radical (unpaired) electrons. The smallest absolute Gasteiger partial charge is 0.256 e. The average molecular weight is 256 g/mol. The van der Waals surface area contributed by atoms with Crippen LogP contribution < -0.4 is 5.73 Å². The first-order valence-corrected chi connectivity index (χ1v) is 6.18. The number of nitrogen functional groups attached to an aromatic ring is 1. The minimum absolute atomic E-state index is 0.0736. The number of carbonyl (C=O) groups is 1. The maximum Gasteiger partial charge on any atom is 0.256 e. The minimum atomic E-state index is -0.0736. The Morgan fingerprint density at radius 3 is 2.53 bits per heavy atom. The Morgan fingerprint density at radius 1 is 1.41 bits per heavy atom. The minimum Gasteiger partial charge on any atom is -0.397 e. The Balaban J connectivity index is 2.95. The summed E-state index contributed by atoms with van der Waals surface area (Å²) in [5.74, 6) is -0.0736. The molecule has 1 amide bonds. The van der Waals surface area contributed by atoms with Crippen molar-refractivity contribution in [1.29, 1.82) is 0 Å². The van der Waals surface area contributed by atoms with Gasteiger partial charge in [0.1, 0.15) is 5.15 Å². The molecule has 94 valence electrons. The molecule has 0 aliphatic carbocycles. The Kier molecular flexibility index (Phi) is 5.22. The standard InChI is InChI=1S/C12H18ClN3O/c1-3-5-16(6-4-2)12(17)9-7-11(13)15-8-10(9)14/h7-8H,3-6,14H2,1-2H3. The van der Waals surface area contributed by atoms with E-state index in [-0.39, 0.29) is 11.1 Å². The molecular weight excluding hydrogens is 238 g/mol. The third kappa shape index (κ3) is 3.60. The highest BCUT2D eigenvalue weighted by Gasteiger charge is 2.17. The molecule has 0 saturated heterocycles. The van der Waals surface area contributed by atoms with E-state index in [0.29, 0.717) is 11.3 Å². The number of hydrogen-bond donors (Lipinski definition) is 1. The summed E-state index contributed by atoms with van der Waals surface area (Å²) < 4.78 is 0. The zero-order valence-corrected chi connectivity index (χ0v) is 11.0. The fourth-order valence-corrected chi connectivity index (χ4v) is 1.81. The predicted molar refractivity (Wildman–Crippen MR) is 70.1 cm³/mol. The van der Waals surface area contributed by atoms with Crippen LogP contribution in [0.2, 0.25) is 5.15 Å². The Labute approximate surface area is 107 Å². The number of nitrogens with zero attached hydrogens (tertiary/aromatic N) is 2. The molecule has 1 aromatic heterocycles. The van der Waals surface area contributed by atoms with Crippen LogP contribution in [0, 0.1) is 0 Å². The van der Waals surface area contributed by atoms with Gasteiger partial charge in [0, 0.05) is 13.1 Å². The van der Waals surface area contributed by atoms with Crippen molar-refractivity contribution >= 4 is 23.2 Å². The molecule has 2 N–H and O–H groups in total. The van der Waals surface area contributed by atoms with E-state index in [1.54, 1.807) is 4.90 Å². The van der Waals surface area contributed by atoms with Gasteiger partial charge in [0.15, 0.2) is 0 Å². The lowest BCUT2D eigenvalue weighted by molar-refractivity contribution is 0.0756. The number of pyridine rings is 1. The summed E-state index contributed by atoms with van der Waals surface area (Å²) in [4.78, 5) is 17.9. The number of halogens is 1. The summed E-state index contributed by atoms with van der Waals surface area (Å²) in [7, 11) is 0. The monoisotopic (exact) mass is 255 g/mol. The van der Waals surface area contributed by atoms with Gasteiger partial charge in [-0.2, -0.15) is 0 Å². The van der Waals surface area contributed by atoms with Crippen LogP contribution in [0.5, 0.6) is 0 Å². The van der Waals surface area contributed by atoms with Crippen LogP contribution in [0.4, 0.5) is 5.69 Å². The second kappa shape index (κ2) is 6.45. The molecule has 0 fully saturated rings. The van der Waals surface area contributed by atoms with Crippen molar-refractivity contribution in [2.75, 3.05) is 18.8 Å². The lowest BCUT2D eigenvalue weighted by Gasteiger charge is -2.22. The molecular formula is C12H18ClN3O. The van der Waals surface area contributed by atoms with E-state index in [0.717, 1.165) is 25.9 Å². The molecule has 0 aliphatic rings. The SMILES string of the molecule is CCCN(CCC)C(=O)c1cc(Cl)ncc1N. The lowest BCUT2D eigenvalue weighted by atomic mass is 10.2. The van der Waals surface area contributed by atoms with E-state index in [9.17, 15) is 4.79 Å². The van der Waals surface area contributed by atoms with Gasteiger partial charge in [-0.1, -0.05) is 25.4 Å². The first-order chi connectivity index (χ1) is 8.10. The highest BCUT2D eigenvalue weighted by atomic mass is 35.5. The first-order valence-electron chi connectivity index (χ1n) is 5.80. The molecule has 0 aromatic carbocycles. The molecule has 0 aliphatic heterocycles. The van der Waals surface area contributed by atoms with Gasteiger partial charge < -0.3 is 10.6 Å². The maximum absolute atomic E-state index is 12.3. The van der Waals surface area contributed by atoms with E-state index in [4.69, 9.17) is 17.3 Å². The van der Waals surface area contributed by atoms with Gasteiger partial charge >= 0.3 is 0 Å². The van der Waals surface area contributed by atoms with Crippen LogP contribution in [0.25, 0.3) is 0 Å². The summed E-state index contributed by atoms with van der Waals surface area (Å²) in [5.41, 5.74) is 6.56. The second-order valence-corrected chi connectivity index (χ2v) is 4.27. The Morgan fingerprint density at radius 2 is 2.00 bits per heavy atom. The molecule has 1 heterocycles. The number of aromatic nitrogens is 1. The lowest BCUT2D eigenvalue weighted by Crippen LogP contribution is -2.33. The van der Waals surface area contributed by atoms with Gasteiger partial charge in [0.05, 0.1) is 17.4 Å². The van der Waals surface area contributed by atoms with E-state index in [1.165, 1.54) is 12.3 Å². The molecule has 0 spiro atoms. The second-order valence-electron chi connectivity index (χ2n) is 3.89. The Hall–Kier alpha value is -1.29. The first kappa shape index (κ1) is 13.8. The molecule has 0 unspecified atom stereocenters. The van der Waals surface area contributed by atoms with Crippen LogP contribution >= 0.6 is 11.6 Å². The largest absolute Gasteiger partial charge is 0.397 e. The van der Waals surface area contributed by atoms with Crippen molar-refractivity contribution in [3.63, 3.8) is 0 Å². The molecule has 0 saturated carbocycles. The van der Waals surface area contributed by atoms with E-state index >= 15 is 0 Å². The number of amides is 1. The molecule has 4 nitrogen and oxygen atoms in total. The van der Waals surface area contributed by atoms with Crippen molar-refractivity contribution in [3.8, 4) is 0 Å². The number of carbonyl (C=O) groups excluding carboxylic acids is 1. The molecule has 5 heteroatoms. The molecule has 0 atom stereocenters. The Bertz CT molecular complexity index is 389. The van der Waals surface area contributed by atoms with Gasteiger partial charge in [-0.3, -0.25) is 4.79 Å². The van der Waals surface area contributed by atoms with Crippen LogP contribution in [-0.2, 0) is 0 Å². The van der Waals surface area contributed by atoms with Crippen molar-refractivity contribution < 1.29 is 4.79 Å². The number of nitrogens with two attached hydrogens (primary N) is 1. The predicted octanol–water partition coefficient (Wildman–Crippen LogP) is 2.58. The van der Waals surface area contributed by atoms with Crippen LogP contribution in [0.1, 0.15) is 37.0 Å². The van der Waals surface area contributed by atoms with Crippen LogP contribution in [0.15, 0.2) is 12.3 Å². The highest BCUT2D eigenvalue weighted by Crippen LogP contribution is 2.17. The van der Waals surface area contributed by atoms with E-state index in [1.807, 2.05) is 13.8 Å². The maximum atomic E-state index is 12.3. The summed E-state index contributed by atoms with van der Waals surface area (Å²) in [5, 5.41) is 0.287. The third-order valence-corrected chi connectivity index (χ3v) is 2.61. The van der Waals surface area contributed by atoms with Crippen LogP contribution in [0.3, 0.4) is 0 Å². The number of hydrogen-bond acceptors (Lipinski definition) is 3. The van der Waals surface area contributed by atoms with Crippen LogP contribution in [-0.4, -0.2) is 28.9 Å². The summed E-state index contributed by atoms with van der Waals surface area (Å²) >= 11 is 5.78. The zero-order valence-electron chi connectivity index (χ0n) is 10.2. The molecule has 0 bridgehead atoms. The van der Waals surface area contributed by atoms with E-state index in [2.05, 4.69) is 4.98 Å². The van der Waals surface area contributed by atoms with Crippen molar-refractivity contribution in [2.45, 2.75) is 26.7 Å². The fraction of sp³-hybridized carbons (Fsp3) is 0.500. The summed E-state index contributed by atoms with van der Waals surface area (Å²) in [6.07, 6.45) is 3.26. The topological polar surface area (TPSA) is 59.2 Å². The zero-order chi connectivity index (χ0) is 12.8. The van der Waals surface area contributed by atoms with Gasteiger partial charge in [0.2, 0.25) is 0 Å². The molecule has 1 rings (SSSR count). The third-order valence-electron chi connectivity index (χ3n) is 2.41. The fourth-order valence-electron chi connectivity index (χ4n) is 1.65. The van der Waals surface area contributed by atoms with Gasteiger partial charge in [-0.05, 0) is 18.9 Å². The average Bonchev–Trinajstić information content (AvgIpc) is 2.31. The quantitative estimate of drug-likeness (QED) is 0.823. The highest BCUT2D eigenvalue weighted by molar-refractivity contribution is 6.29. The number of anilines is 1. The van der Waals surface area contributed by atoms with Gasteiger partial charge in [-0.25, -0.2) is 4.98 Å². The van der Waals surface area contributed by atoms with E-state index < -0.39 is 0 Å². The normalized spacial score (nSPS) is 10.3. The van der Waals surface area contributed by atoms with Crippen molar-refractivity contribution in [3.05, 3.63) is 23.0 Å². The molecule has 17 heavy (non-hydrogen) atoms. The molecule has 1 aromatic rings. The summed E-state index contributed by atoms with van der Waals surface area (Å²) in [6, 6.07) is 1.53. The van der Waals surface area contributed by atoms with Crippen molar-refractivity contribution in [1.82, 2.24) is 9.88 Å². The summed E-state index contributed by atoms with van der Waals surface area (Å²) in [6.45, 7) is 5.54. The van der Waals surface area contributed by atoms with Gasteiger partial charge in [-0.15, -0.1) is 0 Å². The van der Waals surface area contributed by atoms with Gasteiger partial charge in [0.25, 0.3) is 5.91 Å². The van der Waals surface area contributed by atoms with Crippen molar-refractivity contribution in [2.24, 2.45) is 0 Å². The number of rotatable bonds is 5.